The van der Waals surface area contributed by atoms with Crippen molar-refractivity contribution in [1.29, 1.82) is 0 Å². The van der Waals surface area contributed by atoms with Crippen molar-refractivity contribution < 1.29 is 26.7 Å². The number of hydrogen-bond acceptors (Lipinski definition) is 7. The molecule has 5 atom stereocenters. The summed E-state index contributed by atoms with van der Waals surface area (Å²) in [5, 5.41) is 6.84. The minimum absolute atomic E-state index is 0.0583. The van der Waals surface area contributed by atoms with Gasteiger partial charge >= 0.3 is 0 Å². The van der Waals surface area contributed by atoms with Gasteiger partial charge in [-0.1, -0.05) is 29.8 Å². The Kier molecular flexibility index (Phi) is 9.85. The number of sulfonamides is 1. The Hall–Kier alpha value is -1.77. The van der Waals surface area contributed by atoms with Crippen LogP contribution in [0.2, 0.25) is 5.02 Å². The lowest BCUT2D eigenvalue weighted by Crippen LogP contribution is -2.57. The van der Waals surface area contributed by atoms with Crippen molar-refractivity contribution in [3.8, 4) is 0 Å². The number of anilines is 1. The summed E-state index contributed by atoms with van der Waals surface area (Å²) in [6.07, 6.45) is 3.09. The first-order valence-corrected chi connectivity index (χ1v) is 18.4. The number of carbonyl (C=O) groups excluding carboxylic acids is 1. The maximum Gasteiger partial charge on any atom is 0.241 e. The van der Waals surface area contributed by atoms with Gasteiger partial charge in [0.1, 0.15) is 5.82 Å². The van der Waals surface area contributed by atoms with E-state index in [4.69, 9.17) is 17.3 Å². The number of nitrogens with zero attached hydrogens (tertiary/aromatic N) is 1. The van der Waals surface area contributed by atoms with Crippen LogP contribution in [-0.4, -0.2) is 76.2 Å². The molecule has 0 aromatic heterocycles. The van der Waals surface area contributed by atoms with E-state index in [9.17, 15) is 22.3 Å². The molecule has 2 unspecified atom stereocenters. The van der Waals surface area contributed by atoms with Gasteiger partial charge in [-0.3, -0.25) is 13.9 Å². The lowest BCUT2D eigenvalue weighted by molar-refractivity contribution is -0.118. The Labute approximate surface area is 253 Å². The average molecular weight is 643 g/mol. The van der Waals surface area contributed by atoms with Gasteiger partial charge in [-0.25, -0.2) is 12.8 Å². The number of amides is 1. The minimum Gasteiger partial charge on any atom is -0.324 e. The highest BCUT2D eigenvalue weighted by atomic mass is 35.5. The van der Waals surface area contributed by atoms with Crippen LogP contribution in [0.4, 0.5) is 10.1 Å². The quantitative estimate of drug-likeness (QED) is 0.287. The van der Waals surface area contributed by atoms with Gasteiger partial charge < -0.3 is 16.4 Å². The number of rotatable bonds is 8. The van der Waals surface area contributed by atoms with Crippen LogP contribution in [-0.2, 0) is 21.2 Å². The van der Waals surface area contributed by atoms with Crippen molar-refractivity contribution in [2.45, 2.75) is 62.6 Å². The lowest BCUT2D eigenvalue weighted by atomic mass is 9.77. The Morgan fingerprint density at radius 3 is 2.55 bits per heavy atom. The Bertz CT molecular complexity index is 1370. The smallest absolute Gasteiger partial charge is 0.241 e. The Morgan fingerprint density at radius 1 is 1.12 bits per heavy atom. The summed E-state index contributed by atoms with van der Waals surface area (Å²) in [5.41, 5.74) is 8.06. The van der Waals surface area contributed by atoms with Crippen molar-refractivity contribution in [3.05, 3.63) is 64.4 Å². The van der Waals surface area contributed by atoms with Gasteiger partial charge in [0.25, 0.3) is 0 Å². The van der Waals surface area contributed by atoms with Gasteiger partial charge in [0, 0.05) is 58.9 Å². The van der Waals surface area contributed by atoms with Gasteiger partial charge in [-0.2, -0.15) is 14.9 Å². The van der Waals surface area contributed by atoms with E-state index in [1.165, 1.54) is 12.1 Å². The zero-order valence-corrected chi connectivity index (χ0v) is 25.8. The summed E-state index contributed by atoms with van der Waals surface area (Å²) in [5.74, 6) is -0.789. The van der Waals surface area contributed by atoms with E-state index in [0.717, 1.165) is 12.0 Å². The third-order valence-corrected chi connectivity index (χ3v) is 12.9. The predicted molar refractivity (Wildman–Crippen MR) is 166 cm³/mol. The molecule has 232 valence electrons. The fraction of sp³-hybridized carbons (Fsp3) is 0.552. The summed E-state index contributed by atoms with van der Waals surface area (Å²) in [6, 6.07) is 10.5. The van der Waals surface area contributed by atoms with Gasteiger partial charge in [0.15, 0.2) is 0 Å². The third kappa shape index (κ3) is 7.29. The fourth-order valence-corrected chi connectivity index (χ4v) is 10.1. The van der Waals surface area contributed by atoms with Crippen LogP contribution in [0.5, 0.6) is 0 Å². The normalized spacial score (nSPS) is 27.8. The molecule has 9 nitrogen and oxygen atoms in total. The molecule has 13 heteroatoms. The number of nitrogens with one attached hydrogen (secondary N) is 2. The number of fused-ring (bicyclic) bond motifs is 2. The molecule has 42 heavy (non-hydrogen) atoms. The Morgan fingerprint density at radius 2 is 1.83 bits per heavy atom. The highest BCUT2D eigenvalue weighted by Gasteiger charge is 2.39. The van der Waals surface area contributed by atoms with Crippen molar-refractivity contribution in [3.63, 3.8) is 0 Å². The number of nitrogens with two attached hydrogens (primary N) is 1. The van der Waals surface area contributed by atoms with Crippen molar-refractivity contribution in [1.82, 2.24) is 9.62 Å². The standard InChI is InChI=1S/C29H40ClFN4O5S2/c30-21-8-6-19(7-9-21)27(20-12-15-41(37,38)16-13-20)28(32)29(36)34-26-5-1-4-25(31)24(26)11-10-23-17-33-22-3-2-14-42(39,40)35(23)18-22/h1,4-9,20,22-23,27-28,33,37-38H,2-3,10-18,32H2,(H,34,36)/t22?,23-,27-,28-/m0/s1. The second-order valence-electron chi connectivity index (χ2n) is 11.7. The van der Waals surface area contributed by atoms with E-state index in [1.54, 1.807) is 22.5 Å². The molecular formula is C29H40ClFN4O5S2. The third-order valence-electron chi connectivity index (χ3n) is 8.95. The molecule has 3 heterocycles. The van der Waals surface area contributed by atoms with Crippen LogP contribution < -0.4 is 16.4 Å². The zero-order chi connectivity index (χ0) is 30.1. The second-order valence-corrected chi connectivity index (χ2v) is 16.6. The lowest BCUT2D eigenvalue weighted by Gasteiger charge is -2.42. The van der Waals surface area contributed by atoms with E-state index < -0.39 is 44.3 Å². The molecule has 2 bridgehead atoms. The molecule has 6 N–H and O–H groups in total. The fourth-order valence-electron chi connectivity index (χ4n) is 6.61. The number of piperazine rings is 1. The first-order valence-electron chi connectivity index (χ1n) is 14.5. The van der Waals surface area contributed by atoms with E-state index in [-0.39, 0.29) is 41.7 Å². The largest absolute Gasteiger partial charge is 0.324 e. The monoisotopic (exact) mass is 642 g/mol. The van der Waals surface area contributed by atoms with Crippen LogP contribution in [0.15, 0.2) is 42.5 Å². The first kappa shape index (κ1) is 31.6. The second kappa shape index (κ2) is 13.1. The van der Waals surface area contributed by atoms with Crippen LogP contribution in [0.1, 0.15) is 49.1 Å². The molecular weight excluding hydrogens is 603 g/mol. The molecule has 0 aliphatic carbocycles. The summed E-state index contributed by atoms with van der Waals surface area (Å²) in [6.45, 7) is 0.922. The molecule has 0 spiro atoms. The van der Waals surface area contributed by atoms with Gasteiger partial charge in [-0.15, -0.1) is 0 Å². The summed E-state index contributed by atoms with van der Waals surface area (Å²) in [4.78, 5) is 13.6. The molecule has 1 amide bonds. The van der Waals surface area contributed by atoms with Crippen molar-refractivity contribution >= 4 is 43.8 Å². The van der Waals surface area contributed by atoms with Crippen molar-refractivity contribution in [2.24, 2.45) is 11.7 Å². The van der Waals surface area contributed by atoms with E-state index in [0.29, 0.717) is 55.0 Å². The van der Waals surface area contributed by atoms with Gasteiger partial charge in [-0.05, 0) is 74.3 Å². The minimum atomic E-state index is -3.38. The van der Waals surface area contributed by atoms with Gasteiger partial charge in [0.05, 0.1) is 11.8 Å². The molecule has 0 saturated carbocycles. The molecule has 3 saturated heterocycles. The van der Waals surface area contributed by atoms with Crippen LogP contribution in [0, 0.1) is 11.7 Å². The van der Waals surface area contributed by atoms with Crippen LogP contribution in [0.25, 0.3) is 0 Å². The zero-order valence-electron chi connectivity index (χ0n) is 23.4. The molecule has 3 fully saturated rings. The number of halogens is 2. The maximum atomic E-state index is 15.2. The van der Waals surface area contributed by atoms with E-state index in [2.05, 4.69) is 10.6 Å². The highest BCUT2D eigenvalue weighted by molar-refractivity contribution is 8.24. The van der Waals surface area contributed by atoms with Gasteiger partial charge in [0.2, 0.25) is 15.9 Å². The molecule has 2 aromatic carbocycles. The topological polar surface area (TPSA) is 145 Å². The molecule has 0 radical (unpaired) electrons. The number of hydrogen-bond donors (Lipinski definition) is 5. The average Bonchev–Trinajstić information content (AvgIpc) is 3.06. The molecule has 5 rings (SSSR count). The van der Waals surface area contributed by atoms with Crippen LogP contribution in [0.3, 0.4) is 0 Å². The van der Waals surface area contributed by atoms with E-state index >= 15 is 4.39 Å². The summed E-state index contributed by atoms with van der Waals surface area (Å²) < 4.78 is 62.8. The molecule has 2 aromatic rings. The van der Waals surface area contributed by atoms with E-state index in [1.807, 2.05) is 12.1 Å². The number of carbonyl (C=O) groups is 1. The first-order chi connectivity index (χ1) is 19.9. The molecule has 3 aliphatic heterocycles. The Balaban J connectivity index is 1.33. The maximum absolute atomic E-state index is 15.2. The SMILES string of the molecule is N[C@H](C(=O)Nc1cccc(F)c1CC[C@H]1CNC2CCCS(=O)(=O)N1C2)[C@@H](c1ccc(Cl)cc1)C1CCS(O)(O)CC1. The predicted octanol–water partition coefficient (Wildman–Crippen LogP) is 4.39. The van der Waals surface area contributed by atoms with Crippen LogP contribution >= 0.6 is 22.2 Å². The summed E-state index contributed by atoms with van der Waals surface area (Å²) in [7, 11) is -6.00. The summed E-state index contributed by atoms with van der Waals surface area (Å²) >= 11 is 6.11. The highest BCUT2D eigenvalue weighted by Crippen LogP contribution is 2.49. The molecule has 3 aliphatic rings. The number of benzene rings is 2. The van der Waals surface area contributed by atoms with Crippen molar-refractivity contribution in [2.75, 3.05) is 35.7 Å².